The summed E-state index contributed by atoms with van der Waals surface area (Å²) in [6.07, 6.45) is 0. The molecule has 4 nitrogen and oxygen atoms in total. The number of hydrogen-bond donors (Lipinski definition) is 1. The van der Waals surface area contributed by atoms with E-state index in [0.29, 0.717) is 12.2 Å². The molecule has 1 N–H and O–H groups in total. The fourth-order valence-electron chi connectivity index (χ4n) is 3.63. The van der Waals surface area contributed by atoms with Crippen LogP contribution in [0.5, 0.6) is 0 Å². The van der Waals surface area contributed by atoms with Crippen molar-refractivity contribution >= 4 is 33.7 Å². The SMILES string of the molecule is CCOC(=O)C1=C(C)NC(SCc2cccc3ccccc23)=N[C@H]1c1ccccc1. The second-order valence-electron chi connectivity index (χ2n) is 7.06. The Morgan fingerprint density at radius 2 is 1.77 bits per heavy atom. The molecule has 0 aromatic heterocycles. The Hall–Kier alpha value is -3.05. The molecular weight excluding hydrogens is 392 g/mol. The van der Waals surface area contributed by atoms with Crippen LogP contribution in [0.15, 0.2) is 89.1 Å². The van der Waals surface area contributed by atoms with Crippen molar-refractivity contribution in [3.63, 3.8) is 0 Å². The molecule has 0 radical (unpaired) electrons. The first kappa shape index (κ1) is 20.2. The number of fused-ring (bicyclic) bond motifs is 1. The molecule has 0 saturated heterocycles. The molecule has 4 rings (SSSR count). The summed E-state index contributed by atoms with van der Waals surface area (Å²) in [4.78, 5) is 17.5. The summed E-state index contributed by atoms with van der Waals surface area (Å²) in [5.74, 6) is 0.467. The van der Waals surface area contributed by atoms with E-state index in [1.165, 1.54) is 16.3 Å². The van der Waals surface area contributed by atoms with Crippen LogP contribution in [0.25, 0.3) is 10.8 Å². The first-order valence-corrected chi connectivity index (χ1v) is 11.0. The Morgan fingerprint density at radius 3 is 2.57 bits per heavy atom. The van der Waals surface area contributed by atoms with Gasteiger partial charge >= 0.3 is 5.97 Å². The third kappa shape index (κ3) is 4.26. The summed E-state index contributed by atoms with van der Waals surface area (Å²) in [5, 5.41) is 6.61. The van der Waals surface area contributed by atoms with Gasteiger partial charge in [0.25, 0.3) is 0 Å². The van der Waals surface area contributed by atoms with Crippen molar-refractivity contribution in [2.75, 3.05) is 6.61 Å². The predicted octanol–water partition coefficient (Wildman–Crippen LogP) is 5.61. The van der Waals surface area contributed by atoms with E-state index in [1.807, 2.05) is 44.2 Å². The summed E-state index contributed by atoms with van der Waals surface area (Å²) >= 11 is 1.65. The highest BCUT2D eigenvalue weighted by Gasteiger charge is 2.30. The van der Waals surface area contributed by atoms with Gasteiger partial charge in [0, 0.05) is 11.4 Å². The van der Waals surface area contributed by atoms with E-state index in [-0.39, 0.29) is 12.0 Å². The fraction of sp³-hybridized carbons (Fsp3) is 0.200. The normalized spacial score (nSPS) is 16.2. The van der Waals surface area contributed by atoms with Gasteiger partial charge in [-0.3, -0.25) is 0 Å². The van der Waals surface area contributed by atoms with Gasteiger partial charge in [-0.25, -0.2) is 9.79 Å². The zero-order valence-corrected chi connectivity index (χ0v) is 17.9. The monoisotopic (exact) mass is 416 g/mol. The highest BCUT2D eigenvalue weighted by Crippen LogP contribution is 2.33. The van der Waals surface area contributed by atoms with Crippen molar-refractivity contribution in [3.8, 4) is 0 Å². The van der Waals surface area contributed by atoms with Crippen molar-refractivity contribution in [3.05, 3.63) is 95.2 Å². The molecular formula is C25H24N2O2S. The highest BCUT2D eigenvalue weighted by atomic mass is 32.2. The lowest BCUT2D eigenvalue weighted by atomic mass is 9.97. The quantitative estimate of drug-likeness (QED) is 0.549. The van der Waals surface area contributed by atoms with Crippen LogP contribution in [0.3, 0.4) is 0 Å². The Balaban J connectivity index is 1.62. The summed E-state index contributed by atoms with van der Waals surface area (Å²) in [5.41, 5.74) is 3.59. The minimum atomic E-state index is -0.374. The van der Waals surface area contributed by atoms with E-state index in [0.717, 1.165) is 22.2 Å². The molecule has 1 atom stereocenters. The molecule has 3 aromatic carbocycles. The molecule has 0 spiro atoms. The van der Waals surface area contributed by atoms with E-state index in [2.05, 4.69) is 47.8 Å². The van der Waals surface area contributed by atoms with Crippen LogP contribution in [-0.2, 0) is 15.3 Å². The largest absolute Gasteiger partial charge is 0.463 e. The van der Waals surface area contributed by atoms with E-state index in [1.54, 1.807) is 11.8 Å². The van der Waals surface area contributed by atoms with Gasteiger partial charge in [-0.1, -0.05) is 84.6 Å². The number of nitrogens with zero attached hydrogens (tertiary/aromatic N) is 1. The van der Waals surface area contributed by atoms with Crippen molar-refractivity contribution in [2.45, 2.75) is 25.6 Å². The number of nitrogens with one attached hydrogen (secondary N) is 1. The average molecular weight is 417 g/mol. The number of allylic oxidation sites excluding steroid dienone is 1. The topological polar surface area (TPSA) is 50.7 Å². The van der Waals surface area contributed by atoms with Crippen molar-refractivity contribution in [1.82, 2.24) is 5.32 Å². The fourth-order valence-corrected chi connectivity index (χ4v) is 4.58. The molecule has 5 heteroatoms. The van der Waals surface area contributed by atoms with E-state index in [4.69, 9.17) is 9.73 Å². The number of esters is 1. The zero-order valence-electron chi connectivity index (χ0n) is 17.1. The molecule has 0 fully saturated rings. The smallest absolute Gasteiger partial charge is 0.338 e. The van der Waals surface area contributed by atoms with Crippen molar-refractivity contribution in [2.24, 2.45) is 4.99 Å². The van der Waals surface area contributed by atoms with Gasteiger partial charge in [0.05, 0.1) is 12.2 Å². The van der Waals surface area contributed by atoms with E-state index >= 15 is 0 Å². The third-order valence-corrected chi connectivity index (χ3v) is 6.01. The molecule has 1 heterocycles. The second-order valence-corrected chi connectivity index (χ2v) is 8.02. The minimum Gasteiger partial charge on any atom is -0.463 e. The Labute approximate surface area is 181 Å². The lowest BCUT2D eigenvalue weighted by molar-refractivity contribution is -0.138. The van der Waals surface area contributed by atoms with Gasteiger partial charge in [-0.2, -0.15) is 0 Å². The molecule has 30 heavy (non-hydrogen) atoms. The Kier molecular flexibility index (Phi) is 6.19. The number of carbonyl (C=O) groups is 1. The zero-order chi connectivity index (χ0) is 20.9. The number of thioether (sulfide) groups is 1. The average Bonchev–Trinajstić information content (AvgIpc) is 2.78. The maximum atomic E-state index is 12.6. The molecule has 152 valence electrons. The van der Waals surface area contributed by atoms with Gasteiger partial charge in [0.15, 0.2) is 5.17 Å². The maximum Gasteiger partial charge on any atom is 0.338 e. The van der Waals surface area contributed by atoms with Crippen LogP contribution in [0, 0.1) is 0 Å². The van der Waals surface area contributed by atoms with Crippen LogP contribution in [0.1, 0.15) is 31.0 Å². The maximum absolute atomic E-state index is 12.6. The molecule has 0 amide bonds. The molecule has 1 aliphatic heterocycles. The lowest BCUT2D eigenvalue weighted by Crippen LogP contribution is -2.30. The first-order valence-electron chi connectivity index (χ1n) is 10.0. The number of ether oxygens (including phenoxy) is 1. The van der Waals surface area contributed by atoms with Crippen LogP contribution < -0.4 is 5.32 Å². The Bertz CT molecular complexity index is 1120. The number of amidine groups is 1. The molecule has 0 aliphatic carbocycles. The van der Waals surface area contributed by atoms with Crippen LogP contribution >= 0.6 is 11.8 Å². The van der Waals surface area contributed by atoms with Gasteiger partial charge in [0.2, 0.25) is 0 Å². The molecule has 3 aromatic rings. The van der Waals surface area contributed by atoms with Crippen molar-refractivity contribution < 1.29 is 9.53 Å². The number of hydrogen-bond acceptors (Lipinski definition) is 5. The van der Waals surface area contributed by atoms with Gasteiger partial charge in [0.1, 0.15) is 6.04 Å². The summed E-state index contributed by atoms with van der Waals surface area (Å²) < 4.78 is 5.30. The van der Waals surface area contributed by atoms with Crippen LogP contribution in [0.4, 0.5) is 0 Å². The number of rotatable bonds is 5. The summed E-state index contributed by atoms with van der Waals surface area (Å²) in [7, 11) is 0. The molecule has 1 aliphatic rings. The summed E-state index contributed by atoms with van der Waals surface area (Å²) in [6.45, 7) is 4.06. The standard InChI is InChI=1S/C25H24N2O2S/c1-3-29-24(28)22-17(2)26-25(27-23(22)19-11-5-4-6-12-19)30-16-20-14-9-13-18-10-7-8-15-21(18)20/h4-15,23H,3,16H2,1-2H3,(H,26,27)/t23-/m0/s1. The van der Waals surface area contributed by atoms with E-state index in [9.17, 15) is 4.79 Å². The molecule has 0 bridgehead atoms. The highest BCUT2D eigenvalue weighted by molar-refractivity contribution is 8.13. The molecule has 0 unspecified atom stereocenters. The number of benzene rings is 3. The predicted molar refractivity (Wildman–Crippen MR) is 124 cm³/mol. The molecule has 0 saturated carbocycles. The number of aliphatic imine (C=N–C) groups is 1. The minimum absolute atomic E-state index is 0.321. The lowest BCUT2D eigenvalue weighted by Gasteiger charge is -2.26. The summed E-state index contributed by atoms with van der Waals surface area (Å²) in [6, 6.07) is 24.3. The van der Waals surface area contributed by atoms with Crippen LogP contribution in [-0.4, -0.2) is 17.7 Å². The van der Waals surface area contributed by atoms with Crippen LogP contribution in [0.2, 0.25) is 0 Å². The Morgan fingerprint density at radius 1 is 1.03 bits per heavy atom. The third-order valence-electron chi connectivity index (χ3n) is 5.07. The van der Waals surface area contributed by atoms with Gasteiger partial charge < -0.3 is 10.1 Å². The van der Waals surface area contributed by atoms with E-state index < -0.39 is 0 Å². The first-order chi connectivity index (χ1) is 14.7. The van der Waals surface area contributed by atoms with Crippen molar-refractivity contribution in [1.29, 1.82) is 0 Å². The number of carbonyl (C=O) groups excluding carboxylic acids is 1. The second kappa shape index (κ2) is 9.18. The van der Waals surface area contributed by atoms with Gasteiger partial charge in [-0.05, 0) is 35.7 Å². The van der Waals surface area contributed by atoms with Gasteiger partial charge in [-0.15, -0.1) is 0 Å².